The Bertz CT molecular complexity index is 346. The molecule has 1 heterocycles. The number of nitrogens with zero attached hydrogens (tertiary/aromatic N) is 5. The van der Waals surface area contributed by atoms with Gasteiger partial charge in [0.25, 0.3) is 0 Å². The Kier molecular flexibility index (Phi) is 4.31. The SMILES string of the molecule is CCCn1cc(C=CCN=[N+]=[N-])cn1. The van der Waals surface area contributed by atoms with Gasteiger partial charge in [-0.15, -0.1) is 0 Å². The lowest BCUT2D eigenvalue weighted by Gasteiger charge is -1.93. The van der Waals surface area contributed by atoms with E-state index in [2.05, 4.69) is 22.0 Å². The summed E-state index contributed by atoms with van der Waals surface area (Å²) in [6, 6.07) is 0. The van der Waals surface area contributed by atoms with E-state index in [1.54, 1.807) is 6.20 Å². The van der Waals surface area contributed by atoms with Gasteiger partial charge in [0.15, 0.2) is 0 Å². The van der Waals surface area contributed by atoms with E-state index in [0.29, 0.717) is 6.54 Å². The summed E-state index contributed by atoms with van der Waals surface area (Å²) in [6.07, 6.45) is 8.54. The predicted molar refractivity (Wildman–Crippen MR) is 55.6 cm³/mol. The standard InChI is InChI=1S/C9H13N5/c1-2-6-14-8-9(7-12-14)4-3-5-11-13-10/h3-4,7-8H,2,5-6H2,1H3. The van der Waals surface area contributed by atoms with Crippen LogP contribution in [0.1, 0.15) is 18.9 Å². The maximum absolute atomic E-state index is 8.05. The van der Waals surface area contributed by atoms with Crippen LogP contribution in [-0.4, -0.2) is 16.3 Å². The van der Waals surface area contributed by atoms with Gasteiger partial charge in [-0.1, -0.05) is 24.2 Å². The van der Waals surface area contributed by atoms with E-state index >= 15 is 0 Å². The Morgan fingerprint density at radius 2 is 2.57 bits per heavy atom. The monoisotopic (exact) mass is 191 g/mol. The molecule has 1 rings (SSSR count). The first-order valence-electron chi connectivity index (χ1n) is 4.56. The van der Waals surface area contributed by atoms with Crippen molar-refractivity contribution in [3.8, 4) is 0 Å². The summed E-state index contributed by atoms with van der Waals surface area (Å²) in [5.41, 5.74) is 9.08. The molecule has 0 fully saturated rings. The van der Waals surface area contributed by atoms with Gasteiger partial charge in [-0.25, -0.2) is 0 Å². The van der Waals surface area contributed by atoms with Gasteiger partial charge in [-0.2, -0.15) is 5.10 Å². The molecule has 0 saturated carbocycles. The molecule has 5 nitrogen and oxygen atoms in total. The average molecular weight is 191 g/mol. The number of azide groups is 1. The van der Waals surface area contributed by atoms with Crippen molar-refractivity contribution in [1.29, 1.82) is 0 Å². The van der Waals surface area contributed by atoms with Crippen LogP contribution in [0.25, 0.3) is 16.5 Å². The second-order valence-electron chi connectivity index (χ2n) is 2.85. The molecule has 0 saturated heterocycles. The molecule has 1 aromatic heterocycles. The van der Waals surface area contributed by atoms with Crippen LogP contribution in [0.2, 0.25) is 0 Å². The zero-order chi connectivity index (χ0) is 10.2. The van der Waals surface area contributed by atoms with Crippen molar-refractivity contribution in [2.45, 2.75) is 19.9 Å². The largest absolute Gasteiger partial charge is 0.272 e. The molecule has 5 heteroatoms. The van der Waals surface area contributed by atoms with Crippen molar-refractivity contribution in [3.63, 3.8) is 0 Å². The Labute approximate surface area is 82.7 Å². The highest BCUT2D eigenvalue weighted by Gasteiger charge is 1.92. The quantitative estimate of drug-likeness (QED) is 0.400. The molecule has 1 aromatic rings. The van der Waals surface area contributed by atoms with E-state index in [9.17, 15) is 0 Å². The molecule has 0 radical (unpaired) electrons. The molecule has 0 N–H and O–H groups in total. The zero-order valence-electron chi connectivity index (χ0n) is 8.17. The topological polar surface area (TPSA) is 66.6 Å². The number of aryl methyl sites for hydroxylation is 1. The second kappa shape index (κ2) is 5.83. The summed E-state index contributed by atoms with van der Waals surface area (Å²) >= 11 is 0. The minimum Gasteiger partial charge on any atom is -0.272 e. The number of hydrogen-bond acceptors (Lipinski definition) is 2. The van der Waals surface area contributed by atoms with Crippen molar-refractivity contribution in [2.75, 3.05) is 6.54 Å². The highest BCUT2D eigenvalue weighted by Crippen LogP contribution is 2.01. The maximum Gasteiger partial charge on any atom is 0.0562 e. The molecule has 0 bridgehead atoms. The average Bonchev–Trinajstić information content (AvgIpc) is 2.61. The fraction of sp³-hybridized carbons (Fsp3) is 0.444. The molecule has 0 unspecified atom stereocenters. The molecule has 0 aromatic carbocycles. The number of hydrogen-bond donors (Lipinski definition) is 0. The highest BCUT2D eigenvalue weighted by molar-refractivity contribution is 5.46. The molecule has 0 aliphatic rings. The molecule has 0 aliphatic heterocycles. The molecular weight excluding hydrogens is 178 g/mol. The third kappa shape index (κ3) is 3.33. The van der Waals surface area contributed by atoms with Crippen LogP contribution in [0.15, 0.2) is 23.6 Å². The Morgan fingerprint density at radius 3 is 3.29 bits per heavy atom. The Morgan fingerprint density at radius 1 is 1.71 bits per heavy atom. The summed E-state index contributed by atoms with van der Waals surface area (Å²) < 4.78 is 1.90. The summed E-state index contributed by atoms with van der Waals surface area (Å²) in [7, 11) is 0. The van der Waals surface area contributed by atoms with Crippen LogP contribution >= 0.6 is 0 Å². The predicted octanol–water partition coefficient (Wildman–Crippen LogP) is 2.62. The Hall–Kier alpha value is -1.74. The smallest absolute Gasteiger partial charge is 0.0562 e. The van der Waals surface area contributed by atoms with Crippen LogP contribution < -0.4 is 0 Å². The molecule has 0 amide bonds. The van der Waals surface area contributed by atoms with Crippen molar-refractivity contribution in [2.24, 2.45) is 5.11 Å². The lowest BCUT2D eigenvalue weighted by molar-refractivity contribution is 0.602. The number of rotatable bonds is 5. The molecule has 14 heavy (non-hydrogen) atoms. The normalized spacial score (nSPS) is 10.4. The van der Waals surface area contributed by atoms with E-state index < -0.39 is 0 Å². The van der Waals surface area contributed by atoms with Gasteiger partial charge >= 0.3 is 0 Å². The van der Waals surface area contributed by atoms with Gasteiger partial charge in [-0.3, -0.25) is 4.68 Å². The lowest BCUT2D eigenvalue weighted by Crippen LogP contribution is -1.95. The van der Waals surface area contributed by atoms with E-state index in [1.807, 2.05) is 23.0 Å². The zero-order valence-corrected chi connectivity index (χ0v) is 8.17. The minimum absolute atomic E-state index is 0.384. The molecule has 0 spiro atoms. The molecule has 0 aliphatic carbocycles. The first-order valence-corrected chi connectivity index (χ1v) is 4.56. The van der Waals surface area contributed by atoms with Crippen molar-refractivity contribution in [3.05, 3.63) is 34.5 Å². The maximum atomic E-state index is 8.05. The van der Waals surface area contributed by atoms with Crippen molar-refractivity contribution in [1.82, 2.24) is 9.78 Å². The van der Waals surface area contributed by atoms with Crippen LogP contribution in [0.5, 0.6) is 0 Å². The highest BCUT2D eigenvalue weighted by atomic mass is 15.3. The van der Waals surface area contributed by atoms with Gasteiger partial charge in [0, 0.05) is 29.8 Å². The van der Waals surface area contributed by atoms with E-state index in [-0.39, 0.29) is 0 Å². The fourth-order valence-corrected chi connectivity index (χ4v) is 1.09. The van der Waals surface area contributed by atoms with Crippen LogP contribution in [-0.2, 0) is 6.54 Å². The summed E-state index contributed by atoms with van der Waals surface area (Å²) in [4.78, 5) is 2.65. The van der Waals surface area contributed by atoms with Gasteiger partial charge in [0.1, 0.15) is 0 Å². The van der Waals surface area contributed by atoms with Gasteiger partial charge < -0.3 is 0 Å². The summed E-state index contributed by atoms with van der Waals surface area (Å²) in [5.74, 6) is 0. The molecule has 0 atom stereocenters. The van der Waals surface area contributed by atoms with Crippen LogP contribution in [0, 0.1) is 0 Å². The van der Waals surface area contributed by atoms with E-state index in [1.165, 1.54) is 0 Å². The van der Waals surface area contributed by atoms with E-state index in [4.69, 9.17) is 5.53 Å². The van der Waals surface area contributed by atoms with Crippen LogP contribution in [0.3, 0.4) is 0 Å². The van der Waals surface area contributed by atoms with E-state index in [0.717, 1.165) is 18.5 Å². The fourth-order valence-electron chi connectivity index (χ4n) is 1.09. The van der Waals surface area contributed by atoms with Gasteiger partial charge in [0.2, 0.25) is 0 Å². The third-order valence-corrected chi connectivity index (χ3v) is 1.67. The first kappa shape index (κ1) is 10.3. The van der Waals surface area contributed by atoms with Crippen molar-refractivity contribution >= 4 is 6.08 Å². The lowest BCUT2D eigenvalue weighted by atomic mass is 10.3. The molecular formula is C9H13N5. The molecule has 74 valence electrons. The van der Waals surface area contributed by atoms with Crippen LogP contribution in [0.4, 0.5) is 0 Å². The first-order chi connectivity index (χ1) is 6.86. The summed E-state index contributed by atoms with van der Waals surface area (Å²) in [5, 5.41) is 7.56. The number of aromatic nitrogens is 2. The second-order valence-corrected chi connectivity index (χ2v) is 2.85. The summed E-state index contributed by atoms with van der Waals surface area (Å²) in [6.45, 7) is 3.43. The van der Waals surface area contributed by atoms with Gasteiger partial charge in [-0.05, 0) is 12.0 Å². The minimum atomic E-state index is 0.384. The van der Waals surface area contributed by atoms with Gasteiger partial charge in [0.05, 0.1) is 6.20 Å². The van der Waals surface area contributed by atoms with Crippen molar-refractivity contribution < 1.29 is 0 Å². The third-order valence-electron chi connectivity index (χ3n) is 1.67. The Balaban J connectivity index is 2.50.